The van der Waals surface area contributed by atoms with Crippen molar-refractivity contribution in [2.24, 2.45) is 0 Å². The fourth-order valence-electron chi connectivity index (χ4n) is 1.90. The lowest BCUT2D eigenvalue weighted by Crippen LogP contribution is -2.12. The van der Waals surface area contributed by atoms with E-state index in [4.69, 9.17) is 18.9 Å². The van der Waals surface area contributed by atoms with E-state index in [-0.39, 0.29) is 30.3 Å². The van der Waals surface area contributed by atoms with Crippen LogP contribution >= 0.6 is 0 Å². The summed E-state index contributed by atoms with van der Waals surface area (Å²) in [4.78, 5) is 11.9. The van der Waals surface area contributed by atoms with E-state index in [0.29, 0.717) is 5.75 Å². The normalized spacial score (nSPS) is 10.0. The minimum Gasteiger partial charge on any atom is -0.504 e. The van der Waals surface area contributed by atoms with Crippen LogP contribution in [0, 0.1) is 0 Å². The molecule has 1 N–H and O–H groups in total. The fraction of sp³-hybridized carbons (Fsp3) is 0.235. The Morgan fingerprint density at radius 1 is 0.957 bits per heavy atom. The molecule has 2 rings (SSSR count). The number of rotatable bonds is 7. The summed E-state index contributed by atoms with van der Waals surface area (Å²) in [6, 6.07) is 11.7. The van der Waals surface area contributed by atoms with Gasteiger partial charge in [-0.05, 0) is 36.4 Å². The average Bonchev–Trinajstić information content (AvgIpc) is 2.59. The van der Waals surface area contributed by atoms with E-state index in [0.717, 1.165) is 5.75 Å². The van der Waals surface area contributed by atoms with Crippen molar-refractivity contribution in [3.05, 3.63) is 48.0 Å². The highest BCUT2D eigenvalue weighted by Crippen LogP contribution is 2.29. The topological polar surface area (TPSA) is 74.2 Å². The van der Waals surface area contributed by atoms with Crippen LogP contribution in [0.4, 0.5) is 0 Å². The maximum atomic E-state index is 11.9. The Labute approximate surface area is 134 Å². The van der Waals surface area contributed by atoms with Crippen LogP contribution < -0.4 is 14.2 Å². The third-order valence-corrected chi connectivity index (χ3v) is 3.08. The smallest absolute Gasteiger partial charge is 0.342 e. The molecule has 6 nitrogen and oxygen atoms in total. The van der Waals surface area contributed by atoms with Crippen molar-refractivity contribution in [3.63, 3.8) is 0 Å². The van der Waals surface area contributed by atoms with Crippen LogP contribution in [0.5, 0.6) is 23.0 Å². The number of phenolic OH excluding ortho intramolecular Hbond substituents is 1. The van der Waals surface area contributed by atoms with Gasteiger partial charge in [-0.25, -0.2) is 4.79 Å². The van der Waals surface area contributed by atoms with Gasteiger partial charge in [-0.15, -0.1) is 0 Å². The molecule has 2 aromatic carbocycles. The second-order valence-electron chi connectivity index (χ2n) is 4.52. The molecule has 0 saturated heterocycles. The first-order valence-electron chi connectivity index (χ1n) is 6.95. The van der Waals surface area contributed by atoms with E-state index >= 15 is 0 Å². The van der Waals surface area contributed by atoms with Gasteiger partial charge in [0.1, 0.15) is 30.3 Å². The van der Waals surface area contributed by atoms with Gasteiger partial charge in [-0.2, -0.15) is 0 Å². The Balaban J connectivity index is 1.83. The van der Waals surface area contributed by atoms with E-state index in [2.05, 4.69) is 0 Å². The Morgan fingerprint density at radius 3 is 2.30 bits per heavy atom. The molecule has 0 radical (unpaired) electrons. The SMILES string of the molecule is COc1ccc(OCCOC(=O)c2cccc(OC)c2O)cc1. The predicted molar refractivity (Wildman–Crippen MR) is 83.4 cm³/mol. The molecular weight excluding hydrogens is 300 g/mol. The maximum Gasteiger partial charge on any atom is 0.342 e. The Kier molecular flexibility index (Phi) is 5.68. The first kappa shape index (κ1) is 16.5. The largest absolute Gasteiger partial charge is 0.504 e. The van der Waals surface area contributed by atoms with Gasteiger partial charge in [-0.1, -0.05) is 6.07 Å². The summed E-state index contributed by atoms with van der Waals surface area (Å²) >= 11 is 0. The summed E-state index contributed by atoms with van der Waals surface area (Å²) in [7, 11) is 3.00. The predicted octanol–water partition coefficient (Wildman–Crippen LogP) is 2.65. The standard InChI is InChI=1S/C17H18O6/c1-20-12-6-8-13(9-7-12)22-10-11-23-17(19)14-4-3-5-15(21-2)16(14)18/h3-9,18H,10-11H2,1-2H3. The second kappa shape index (κ2) is 7.93. The molecule has 6 heteroatoms. The molecule has 0 spiro atoms. The van der Waals surface area contributed by atoms with Crippen LogP contribution in [-0.4, -0.2) is 38.5 Å². The quantitative estimate of drug-likeness (QED) is 0.625. The molecule has 0 fully saturated rings. The molecule has 122 valence electrons. The molecule has 0 aliphatic carbocycles. The molecule has 0 atom stereocenters. The van der Waals surface area contributed by atoms with Crippen molar-refractivity contribution in [3.8, 4) is 23.0 Å². The van der Waals surface area contributed by atoms with Crippen molar-refractivity contribution in [2.45, 2.75) is 0 Å². The Morgan fingerprint density at radius 2 is 1.65 bits per heavy atom. The van der Waals surface area contributed by atoms with Gasteiger partial charge in [0.15, 0.2) is 11.5 Å². The second-order valence-corrected chi connectivity index (χ2v) is 4.52. The number of carbonyl (C=O) groups excluding carboxylic acids is 1. The minimum atomic E-state index is -0.639. The van der Waals surface area contributed by atoms with E-state index in [1.807, 2.05) is 0 Å². The zero-order valence-corrected chi connectivity index (χ0v) is 12.9. The lowest BCUT2D eigenvalue weighted by Gasteiger charge is -2.10. The summed E-state index contributed by atoms with van der Waals surface area (Å²) in [5, 5.41) is 9.87. The number of ether oxygens (including phenoxy) is 4. The lowest BCUT2D eigenvalue weighted by atomic mass is 10.2. The van der Waals surface area contributed by atoms with Gasteiger partial charge in [0.05, 0.1) is 14.2 Å². The number of hydrogen-bond donors (Lipinski definition) is 1. The van der Waals surface area contributed by atoms with Crippen LogP contribution in [0.15, 0.2) is 42.5 Å². The van der Waals surface area contributed by atoms with Crippen LogP contribution in [0.2, 0.25) is 0 Å². The minimum absolute atomic E-state index is 0.0498. The number of para-hydroxylation sites is 1. The molecule has 2 aromatic rings. The van der Waals surface area contributed by atoms with Gasteiger partial charge in [0.2, 0.25) is 0 Å². The van der Waals surface area contributed by atoms with Crippen LogP contribution in [0.1, 0.15) is 10.4 Å². The van der Waals surface area contributed by atoms with Crippen LogP contribution in [-0.2, 0) is 4.74 Å². The van der Waals surface area contributed by atoms with Gasteiger partial charge in [0.25, 0.3) is 0 Å². The molecule has 0 unspecified atom stereocenters. The summed E-state index contributed by atoms with van der Waals surface area (Å²) in [6.45, 7) is 0.254. The van der Waals surface area contributed by atoms with E-state index in [9.17, 15) is 9.90 Å². The lowest BCUT2D eigenvalue weighted by molar-refractivity contribution is 0.0446. The number of aromatic hydroxyl groups is 1. The monoisotopic (exact) mass is 318 g/mol. The summed E-state index contributed by atoms with van der Waals surface area (Å²) in [6.07, 6.45) is 0. The highest BCUT2D eigenvalue weighted by Gasteiger charge is 2.15. The van der Waals surface area contributed by atoms with E-state index < -0.39 is 5.97 Å². The number of methoxy groups -OCH3 is 2. The first-order chi connectivity index (χ1) is 11.2. The molecule has 0 aromatic heterocycles. The van der Waals surface area contributed by atoms with Crippen molar-refractivity contribution in [1.29, 1.82) is 0 Å². The van der Waals surface area contributed by atoms with Gasteiger partial charge in [-0.3, -0.25) is 0 Å². The molecule has 0 heterocycles. The number of esters is 1. The molecule has 23 heavy (non-hydrogen) atoms. The van der Waals surface area contributed by atoms with Crippen molar-refractivity contribution >= 4 is 5.97 Å². The zero-order chi connectivity index (χ0) is 16.7. The molecule has 0 aliphatic heterocycles. The molecule has 0 bridgehead atoms. The van der Waals surface area contributed by atoms with Crippen LogP contribution in [0.3, 0.4) is 0 Å². The molecule has 0 aliphatic rings. The van der Waals surface area contributed by atoms with Crippen molar-refractivity contribution in [2.75, 3.05) is 27.4 Å². The number of phenols is 1. The van der Waals surface area contributed by atoms with E-state index in [1.54, 1.807) is 43.5 Å². The van der Waals surface area contributed by atoms with Gasteiger partial charge >= 0.3 is 5.97 Å². The van der Waals surface area contributed by atoms with E-state index in [1.165, 1.54) is 13.2 Å². The van der Waals surface area contributed by atoms with Gasteiger partial charge < -0.3 is 24.1 Å². The zero-order valence-electron chi connectivity index (χ0n) is 12.9. The van der Waals surface area contributed by atoms with Gasteiger partial charge in [0, 0.05) is 0 Å². The first-order valence-corrected chi connectivity index (χ1v) is 6.95. The Hall–Kier alpha value is -2.89. The Bertz CT molecular complexity index is 651. The van der Waals surface area contributed by atoms with Crippen LogP contribution in [0.25, 0.3) is 0 Å². The molecular formula is C17H18O6. The maximum absolute atomic E-state index is 11.9. The number of hydrogen-bond acceptors (Lipinski definition) is 6. The number of benzene rings is 2. The average molecular weight is 318 g/mol. The van der Waals surface area contributed by atoms with Crippen molar-refractivity contribution in [1.82, 2.24) is 0 Å². The molecule has 0 saturated carbocycles. The summed E-state index contributed by atoms with van der Waals surface area (Å²) in [5.74, 6) is 0.716. The van der Waals surface area contributed by atoms with Crippen molar-refractivity contribution < 1.29 is 28.8 Å². The summed E-state index contributed by atoms with van der Waals surface area (Å²) < 4.78 is 20.5. The fourth-order valence-corrected chi connectivity index (χ4v) is 1.90. The third kappa shape index (κ3) is 4.29. The third-order valence-electron chi connectivity index (χ3n) is 3.08. The number of carbonyl (C=O) groups is 1. The highest BCUT2D eigenvalue weighted by molar-refractivity contribution is 5.93. The summed E-state index contributed by atoms with van der Waals surface area (Å²) in [5.41, 5.74) is 0.0498. The highest BCUT2D eigenvalue weighted by atomic mass is 16.6. The molecule has 0 amide bonds.